The van der Waals surface area contributed by atoms with E-state index < -0.39 is 12.7 Å². The van der Waals surface area contributed by atoms with Crippen LogP contribution in [0.2, 0.25) is 0 Å². The van der Waals surface area contributed by atoms with E-state index in [2.05, 4.69) is 25.9 Å². The number of carbonyl (C=O) groups is 1. The Labute approximate surface area is 182 Å². The van der Waals surface area contributed by atoms with E-state index in [9.17, 15) is 18.0 Å². The summed E-state index contributed by atoms with van der Waals surface area (Å²) in [6.45, 7) is 1.49. The number of aryl methyl sites for hydroxylation is 1. The number of fused-ring (bicyclic) bond motifs is 2. The van der Waals surface area contributed by atoms with Gasteiger partial charge in [0, 0.05) is 42.0 Å². The molecule has 4 N–H and O–H groups in total. The van der Waals surface area contributed by atoms with Crippen LogP contribution in [0.5, 0.6) is 0 Å². The Hall–Kier alpha value is -3.14. The fraction of sp³-hybridized carbons (Fsp3) is 0.409. The van der Waals surface area contributed by atoms with Crippen molar-refractivity contribution in [1.82, 2.24) is 25.6 Å². The SMILES string of the molecule is Cc1nc2cccc(-c3cc4c([nH]3)CCNC4=O)c2nc1N[C@H]1C[C@@H](NCC(F)(F)F)C1. The molecule has 1 fully saturated rings. The summed E-state index contributed by atoms with van der Waals surface area (Å²) in [6, 6.07) is 7.46. The first-order chi connectivity index (χ1) is 15.3. The van der Waals surface area contributed by atoms with E-state index in [0.29, 0.717) is 36.3 Å². The second-order valence-electron chi connectivity index (χ2n) is 8.42. The van der Waals surface area contributed by atoms with Crippen molar-refractivity contribution < 1.29 is 18.0 Å². The first kappa shape index (κ1) is 20.7. The smallest absolute Gasteiger partial charge is 0.366 e. The quantitative estimate of drug-likeness (QED) is 0.484. The highest BCUT2D eigenvalue weighted by Crippen LogP contribution is 2.31. The van der Waals surface area contributed by atoms with E-state index in [4.69, 9.17) is 4.98 Å². The predicted molar refractivity (Wildman–Crippen MR) is 115 cm³/mol. The van der Waals surface area contributed by atoms with Crippen molar-refractivity contribution >= 4 is 22.8 Å². The lowest BCUT2D eigenvalue weighted by atomic mass is 9.86. The van der Waals surface area contributed by atoms with Crippen molar-refractivity contribution in [3.05, 3.63) is 41.2 Å². The molecule has 7 nitrogen and oxygen atoms in total. The molecule has 0 spiro atoms. The average molecular weight is 444 g/mol. The van der Waals surface area contributed by atoms with Crippen molar-refractivity contribution in [2.45, 2.75) is 44.4 Å². The molecule has 10 heteroatoms. The summed E-state index contributed by atoms with van der Waals surface area (Å²) in [4.78, 5) is 25.0. The molecule has 0 bridgehead atoms. The Morgan fingerprint density at radius 1 is 1.16 bits per heavy atom. The topological polar surface area (TPSA) is 94.7 Å². The maximum atomic E-state index is 12.4. The second-order valence-corrected chi connectivity index (χ2v) is 8.42. The summed E-state index contributed by atoms with van der Waals surface area (Å²) in [5, 5.41) is 8.72. The van der Waals surface area contributed by atoms with Crippen LogP contribution in [-0.2, 0) is 6.42 Å². The Morgan fingerprint density at radius 2 is 1.97 bits per heavy atom. The third kappa shape index (κ3) is 4.02. The number of rotatable bonds is 5. The molecule has 3 heterocycles. The van der Waals surface area contributed by atoms with E-state index in [0.717, 1.165) is 34.6 Å². The summed E-state index contributed by atoms with van der Waals surface area (Å²) >= 11 is 0. The van der Waals surface area contributed by atoms with Crippen LogP contribution in [0.3, 0.4) is 0 Å². The highest BCUT2D eigenvalue weighted by Gasteiger charge is 2.34. The Balaban J connectivity index is 1.38. The van der Waals surface area contributed by atoms with Gasteiger partial charge in [-0.2, -0.15) is 13.2 Å². The molecule has 0 atom stereocenters. The molecule has 3 aromatic rings. The molecule has 2 aromatic heterocycles. The molecular formula is C22H23F3N6O. The van der Waals surface area contributed by atoms with Crippen LogP contribution in [0.15, 0.2) is 24.3 Å². The van der Waals surface area contributed by atoms with Crippen molar-refractivity contribution in [3.8, 4) is 11.3 Å². The summed E-state index contributed by atoms with van der Waals surface area (Å²) in [7, 11) is 0. The first-order valence-electron chi connectivity index (χ1n) is 10.6. The lowest BCUT2D eigenvalue weighted by molar-refractivity contribution is -0.127. The van der Waals surface area contributed by atoms with Crippen LogP contribution >= 0.6 is 0 Å². The number of amides is 1. The lowest BCUT2D eigenvalue weighted by Gasteiger charge is -2.37. The van der Waals surface area contributed by atoms with Crippen molar-refractivity contribution in [1.29, 1.82) is 0 Å². The zero-order valence-corrected chi connectivity index (χ0v) is 17.4. The third-order valence-corrected chi connectivity index (χ3v) is 6.03. The molecule has 0 saturated heterocycles. The van der Waals surface area contributed by atoms with Gasteiger partial charge in [-0.25, -0.2) is 9.97 Å². The van der Waals surface area contributed by atoms with Crippen molar-refractivity contribution in [2.24, 2.45) is 0 Å². The molecule has 1 aliphatic heterocycles. The minimum Gasteiger partial charge on any atom is -0.366 e. The van der Waals surface area contributed by atoms with Crippen LogP contribution in [-0.4, -0.2) is 52.2 Å². The van der Waals surface area contributed by atoms with Gasteiger partial charge in [-0.3, -0.25) is 4.79 Å². The van der Waals surface area contributed by atoms with Gasteiger partial charge < -0.3 is 20.9 Å². The van der Waals surface area contributed by atoms with Crippen LogP contribution < -0.4 is 16.0 Å². The summed E-state index contributed by atoms with van der Waals surface area (Å²) in [5.74, 6) is 0.537. The van der Waals surface area contributed by atoms with E-state index in [1.165, 1.54) is 0 Å². The number of nitrogens with zero attached hydrogens (tertiary/aromatic N) is 2. The monoisotopic (exact) mass is 444 g/mol. The molecule has 168 valence electrons. The minimum atomic E-state index is -4.20. The number of carbonyl (C=O) groups excluding carboxylic acids is 1. The number of alkyl halides is 3. The Bertz CT molecular complexity index is 1180. The van der Waals surface area contributed by atoms with Crippen molar-refractivity contribution in [3.63, 3.8) is 0 Å². The molecular weight excluding hydrogens is 421 g/mol. The molecule has 1 amide bonds. The summed E-state index contributed by atoms with van der Waals surface area (Å²) in [6.07, 6.45) is -2.27. The number of aromatic amines is 1. The number of H-pyrrole nitrogens is 1. The largest absolute Gasteiger partial charge is 0.401 e. The molecule has 0 unspecified atom stereocenters. The van der Waals surface area contributed by atoms with Gasteiger partial charge in [-0.15, -0.1) is 0 Å². The van der Waals surface area contributed by atoms with Crippen LogP contribution in [0.4, 0.5) is 19.0 Å². The number of halogens is 3. The van der Waals surface area contributed by atoms with Gasteiger partial charge in [0.25, 0.3) is 5.91 Å². The minimum absolute atomic E-state index is 0.0415. The van der Waals surface area contributed by atoms with Gasteiger partial charge in [-0.05, 0) is 31.9 Å². The van der Waals surface area contributed by atoms with Crippen LogP contribution in [0.25, 0.3) is 22.3 Å². The van der Waals surface area contributed by atoms with E-state index in [1.807, 2.05) is 31.2 Å². The van der Waals surface area contributed by atoms with E-state index in [-0.39, 0.29) is 18.0 Å². The molecule has 1 aliphatic carbocycles. The van der Waals surface area contributed by atoms with Gasteiger partial charge >= 0.3 is 6.18 Å². The Morgan fingerprint density at radius 3 is 2.72 bits per heavy atom. The predicted octanol–water partition coefficient (Wildman–Crippen LogP) is 3.31. The number of nitrogens with one attached hydrogen (secondary N) is 4. The fourth-order valence-corrected chi connectivity index (χ4v) is 4.31. The van der Waals surface area contributed by atoms with Gasteiger partial charge in [0.2, 0.25) is 0 Å². The van der Waals surface area contributed by atoms with Gasteiger partial charge in [0.1, 0.15) is 11.3 Å². The normalized spacial score (nSPS) is 20.6. The van der Waals surface area contributed by atoms with Gasteiger partial charge in [0.05, 0.1) is 23.3 Å². The number of benzene rings is 1. The maximum absolute atomic E-state index is 12.4. The zero-order valence-electron chi connectivity index (χ0n) is 17.4. The molecule has 32 heavy (non-hydrogen) atoms. The van der Waals surface area contributed by atoms with Crippen molar-refractivity contribution in [2.75, 3.05) is 18.4 Å². The highest BCUT2D eigenvalue weighted by atomic mass is 19.4. The Kier molecular flexibility index (Phi) is 5.04. The average Bonchev–Trinajstić information content (AvgIpc) is 3.14. The fourth-order valence-electron chi connectivity index (χ4n) is 4.31. The van der Waals surface area contributed by atoms with Crippen LogP contribution in [0.1, 0.15) is 34.6 Å². The molecule has 1 saturated carbocycles. The second kappa shape index (κ2) is 7.77. The lowest BCUT2D eigenvalue weighted by Crippen LogP contribution is -2.50. The van der Waals surface area contributed by atoms with E-state index >= 15 is 0 Å². The third-order valence-electron chi connectivity index (χ3n) is 6.03. The standard InChI is InChI=1S/C22H23F3N6O/c1-11-20(29-13-7-12(8-13)27-10-22(23,24)25)31-19-14(3-2-4-17(19)28-11)18-9-15-16(30-18)5-6-26-21(15)32/h2-4,9,12-13,27,30H,5-8,10H2,1H3,(H,26,32)(H,29,31)/t12-,13+. The number of hydrogen-bond acceptors (Lipinski definition) is 5. The first-order valence-corrected chi connectivity index (χ1v) is 10.6. The zero-order chi connectivity index (χ0) is 22.5. The molecule has 1 aromatic carbocycles. The number of anilines is 1. The number of para-hydroxylation sites is 1. The van der Waals surface area contributed by atoms with E-state index in [1.54, 1.807) is 0 Å². The van der Waals surface area contributed by atoms with Gasteiger partial charge in [-0.1, -0.05) is 12.1 Å². The number of hydrogen-bond donors (Lipinski definition) is 4. The number of aromatic nitrogens is 3. The van der Waals surface area contributed by atoms with Crippen LogP contribution in [0, 0.1) is 6.92 Å². The summed E-state index contributed by atoms with van der Waals surface area (Å²) < 4.78 is 37.1. The highest BCUT2D eigenvalue weighted by molar-refractivity contribution is 5.99. The summed E-state index contributed by atoms with van der Waals surface area (Å²) in [5.41, 5.74) is 5.37. The van der Waals surface area contributed by atoms with Gasteiger partial charge in [0.15, 0.2) is 0 Å². The molecule has 0 radical (unpaired) electrons. The molecule has 5 rings (SSSR count). The molecule has 2 aliphatic rings. The maximum Gasteiger partial charge on any atom is 0.401 e.